The molecule has 1 atom stereocenters. The average Bonchev–Trinajstić information content (AvgIpc) is 2.59. The van der Waals surface area contributed by atoms with Gasteiger partial charge in [-0.1, -0.05) is 13.8 Å². The first-order valence-electron chi connectivity index (χ1n) is 5.79. The molecule has 0 aliphatic rings. The lowest BCUT2D eigenvalue weighted by molar-refractivity contribution is 0.0367. The number of carbonyl (C=O) groups excluding carboxylic acids is 1. The maximum atomic E-state index is 11.8. The molecule has 1 aromatic heterocycles. The number of aryl methyl sites for hydroxylation is 1. The van der Waals surface area contributed by atoms with Gasteiger partial charge in [0.25, 0.3) is 5.91 Å². The molecule has 0 aliphatic heterocycles. The van der Waals surface area contributed by atoms with Gasteiger partial charge in [0, 0.05) is 13.6 Å². The van der Waals surface area contributed by atoms with E-state index in [0.29, 0.717) is 18.0 Å². The number of hydrogen-bond donors (Lipinski definition) is 2. The van der Waals surface area contributed by atoms with Crippen molar-refractivity contribution in [2.24, 2.45) is 13.0 Å². The van der Waals surface area contributed by atoms with Crippen LogP contribution in [0.4, 0.5) is 0 Å². The van der Waals surface area contributed by atoms with Gasteiger partial charge in [-0.3, -0.25) is 4.79 Å². The monoisotopic (exact) mass is 239 g/mol. The van der Waals surface area contributed by atoms with Gasteiger partial charge in [-0.15, -0.1) is 0 Å². The standard InChI is InChI=1S/C12H21N3O2/c1-9(2)5-12(3,17)7-14-11(16)10-6-13-8-15(10)4/h6,8-9,17H,5,7H2,1-4H3,(H,14,16). The third kappa shape index (κ3) is 4.19. The van der Waals surface area contributed by atoms with Crippen LogP contribution in [-0.2, 0) is 7.05 Å². The van der Waals surface area contributed by atoms with Crippen molar-refractivity contribution in [3.8, 4) is 0 Å². The van der Waals surface area contributed by atoms with Crippen molar-refractivity contribution in [1.29, 1.82) is 0 Å². The van der Waals surface area contributed by atoms with Crippen molar-refractivity contribution < 1.29 is 9.90 Å². The van der Waals surface area contributed by atoms with Crippen LogP contribution in [0.15, 0.2) is 12.5 Å². The van der Waals surface area contributed by atoms with E-state index in [-0.39, 0.29) is 12.5 Å². The number of rotatable bonds is 5. The molecule has 0 saturated carbocycles. The minimum atomic E-state index is -0.873. The van der Waals surface area contributed by atoms with Crippen molar-refractivity contribution in [3.05, 3.63) is 18.2 Å². The smallest absolute Gasteiger partial charge is 0.269 e. The zero-order valence-electron chi connectivity index (χ0n) is 10.9. The van der Waals surface area contributed by atoms with Gasteiger partial charge >= 0.3 is 0 Å². The summed E-state index contributed by atoms with van der Waals surface area (Å²) in [6.07, 6.45) is 3.73. The number of amides is 1. The largest absolute Gasteiger partial charge is 0.388 e. The number of aromatic nitrogens is 2. The van der Waals surface area contributed by atoms with Crippen LogP contribution in [0.25, 0.3) is 0 Å². The summed E-state index contributed by atoms with van der Waals surface area (Å²) >= 11 is 0. The SMILES string of the molecule is CC(C)CC(C)(O)CNC(=O)c1cncn1C. The Morgan fingerprint density at radius 1 is 1.65 bits per heavy atom. The Morgan fingerprint density at radius 3 is 2.76 bits per heavy atom. The highest BCUT2D eigenvalue weighted by Gasteiger charge is 2.23. The Morgan fingerprint density at radius 2 is 2.29 bits per heavy atom. The second kappa shape index (κ2) is 5.31. The van der Waals surface area contributed by atoms with Gasteiger partial charge < -0.3 is 15.0 Å². The molecule has 0 aromatic carbocycles. The Labute approximate surface area is 102 Å². The summed E-state index contributed by atoms with van der Waals surface area (Å²) in [6, 6.07) is 0. The van der Waals surface area contributed by atoms with Gasteiger partial charge in [0.15, 0.2) is 0 Å². The summed E-state index contributed by atoms with van der Waals surface area (Å²) in [5, 5.41) is 12.8. The summed E-state index contributed by atoms with van der Waals surface area (Å²) in [4.78, 5) is 15.7. The third-order valence-corrected chi connectivity index (χ3v) is 2.53. The highest BCUT2D eigenvalue weighted by molar-refractivity contribution is 5.92. The summed E-state index contributed by atoms with van der Waals surface area (Å²) in [6.45, 7) is 6.06. The van der Waals surface area contributed by atoms with Crippen molar-refractivity contribution in [2.45, 2.75) is 32.8 Å². The fourth-order valence-electron chi connectivity index (χ4n) is 1.89. The molecule has 2 N–H and O–H groups in total. The lowest BCUT2D eigenvalue weighted by Gasteiger charge is -2.25. The summed E-state index contributed by atoms with van der Waals surface area (Å²) in [5.74, 6) is 0.174. The van der Waals surface area contributed by atoms with E-state index < -0.39 is 5.60 Å². The van der Waals surface area contributed by atoms with Crippen LogP contribution in [0.1, 0.15) is 37.7 Å². The zero-order valence-corrected chi connectivity index (χ0v) is 10.9. The van der Waals surface area contributed by atoms with Gasteiger partial charge in [0.1, 0.15) is 5.69 Å². The second-order valence-corrected chi connectivity index (χ2v) is 5.17. The van der Waals surface area contributed by atoms with E-state index in [1.54, 1.807) is 24.9 Å². The van der Waals surface area contributed by atoms with E-state index in [0.717, 1.165) is 0 Å². The van der Waals surface area contributed by atoms with Crippen molar-refractivity contribution in [3.63, 3.8) is 0 Å². The van der Waals surface area contributed by atoms with Gasteiger partial charge in [0.2, 0.25) is 0 Å². The molecule has 0 saturated heterocycles. The van der Waals surface area contributed by atoms with Crippen LogP contribution in [0.5, 0.6) is 0 Å². The van der Waals surface area contributed by atoms with Crippen LogP contribution in [-0.4, -0.2) is 32.7 Å². The lowest BCUT2D eigenvalue weighted by Crippen LogP contribution is -2.41. The molecule has 17 heavy (non-hydrogen) atoms. The van der Waals surface area contributed by atoms with E-state index in [1.807, 2.05) is 13.8 Å². The minimum Gasteiger partial charge on any atom is -0.388 e. The molecule has 1 heterocycles. The number of nitrogens with one attached hydrogen (secondary N) is 1. The molecule has 0 spiro atoms. The highest BCUT2D eigenvalue weighted by atomic mass is 16.3. The Balaban J connectivity index is 2.51. The van der Waals surface area contributed by atoms with E-state index in [4.69, 9.17) is 0 Å². The van der Waals surface area contributed by atoms with Crippen LogP contribution >= 0.6 is 0 Å². The second-order valence-electron chi connectivity index (χ2n) is 5.17. The fraction of sp³-hybridized carbons (Fsp3) is 0.667. The fourth-order valence-corrected chi connectivity index (χ4v) is 1.89. The Hall–Kier alpha value is -1.36. The molecular formula is C12H21N3O2. The van der Waals surface area contributed by atoms with Crippen LogP contribution in [0, 0.1) is 5.92 Å². The van der Waals surface area contributed by atoms with E-state index in [2.05, 4.69) is 10.3 Å². The summed E-state index contributed by atoms with van der Waals surface area (Å²) in [5.41, 5.74) is -0.382. The highest BCUT2D eigenvalue weighted by Crippen LogP contribution is 2.15. The lowest BCUT2D eigenvalue weighted by atomic mass is 9.94. The molecule has 5 heteroatoms. The molecule has 0 bridgehead atoms. The topological polar surface area (TPSA) is 67.2 Å². The van der Waals surface area contributed by atoms with Crippen LogP contribution in [0.3, 0.4) is 0 Å². The summed E-state index contributed by atoms with van der Waals surface area (Å²) < 4.78 is 1.65. The molecule has 5 nitrogen and oxygen atoms in total. The molecule has 1 rings (SSSR count). The van der Waals surface area contributed by atoms with Crippen molar-refractivity contribution in [2.75, 3.05) is 6.54 Å². The maximum absolute atomic E-state index is 11.8. The molecule has 0 radical (unpaired) electrons. The molecule has 1 unspecified atom stereocenters. The number of nitrogens with zero attached hydrogens (tertiary/aromatic N) is 2. The molecule has 0 aliphatic carbocycles. The van der Waals surface area contributed by atoms with Crippen LogP contribution < -0.4 is 5.32 Å². The first-order chi connectivity index (χ1) is 7.82. The molecular weight excluding hydrogens is 218 g/mol. The number of carbonyl (C=O) groups is 1. The first-order valence-corrected chi connectivity index (χ1v) is 5.79. The predicted molar refractivity (Wildman–Crippen MR) is 65.6 cm³/mol. The zero-order chi connectivity index (χ0) is 13.1. The quantitative estimate of drug-likeness (QED) is 0.804. The number of aliphatic hydroxyl groups is 1. The molecule has 1 amide bonds. The summed E-state index contributed by atoms with van der Waals surface area (Å²) in [7, 11) is 1.76. The van der Waals surface area contributed by atoms with E-state index in [9.17, 15) is 9.90 Å². The molecule has 1 aromatic rings. The number of imidazole rings is 1. The first kappa shape index (κ1) is 13.7. The van der Waals surface area contributed by atoms with Crippen LogP contribution in [0.2, 0.25) is 0 Å². The Kier molecular flexibility index (Phi) is 4.28. The normalized spacial score (nSPS) is 14.7. The number of hydrogen-bond acceptors (Lipinski definition) is 3. The van der Waals surface area contributed by atoms with Gasteiger partial charge in [-0.25, -0.2) is 4.98 Å². The van der Waals surface area contributed by atoms with Crippen molar-refractivity contribution >= 4 is 5.91 Å². The minimum absolute atomic E-state index is 0.214. The van der Waals surface area contributed by atoms with E-state index >= 15 is 0 Å². The van der Waals surface area contributed by atoms with Gasteiger partial charge in [0.05, 0.1) is 18.1 Å². The third-order valence-electron chi connectivity index (χ3n) is 2.53. The molecule has 0 fully saturated rings. The Bertz CT molecular complexity index is 383. The van der Waals surface area contributed by atoms with Gasteiger partial charge in [-0.2, -0.15) is 0 Å². The van der Waals surface area contributed by atoms with Gasteiger partial charge in [-0.05, 0) is 19.3 Å². The predicted octanol–water partition coefficient (Wildman–Crippen LogP) is 0.947. The van der Waals surface area contributed by atoms with E-state index in [1.165, 1.54) is 6.20 Å². The maximum Gasteiger partial charge on any atom is 0.269 e. The molecule has 96 valence electrons. The van der Waals surface area contributed by atoms with Crippen molar-refractivity contribution in [1.82, 2.24) is 14.9 Å². The average molecular weight is 239 g/mol.